The number of methoxy groups -OCH3 is 1. The third-order valence-corrected chi connectivity index (χ3v) is 2.78. The van der Waals surface area contributed by atoms with Crippen LogP contribution in [-0.4, -0.2) is 24.8 Å². The summed E-state index contributed by atoms with van der Waals surface area (Å²) in [5.41, 5.74) is 1.15. The van der Waals surface area contributed by atoms with Crippen LogP contribution in [-0.2, 0) is 14.3 Å². The van der Waals surface area contributed by atoms with Gasteiger partial charge in [-0.1, -0.05) is 25.1 Å². The molecule has 5 nitrogen and oxygen atoms in total. The Kier molecular flexibility index (Phi) is 6.87. The zero-order valence-electron chi connectivity index (χ0n) is 12.2. The Balaban J connectivity index is 2.58. The molecule has 0 bridgehead atoms. The first-order valence-corrected chi connectivity index (χ1v) is 6.74. The molecule has 0 saturated heterocycles. The van der Waals surface area contributed by atoms with E-state index in [1.807, 2.05) is 0 Å². The van der Waals surface area contributed by atoms with Crippen LogP contribution in [0.2, 0.25) is 0 Å². The van der Waals surface area contributed by atoms with Gasteiger partial charge in [-0.3, -0.25) is 9.59 Å². The summed E-state index contributed by atoms with van der Waals surface area (Å²) in [5.74, 6) is -0.579. The summed E-state index contributed by atoms with van der Waals surface area (Å²) < 4.78 is 4.45. The molecule has 1 rings (SSSR count). The number of hydrogen-bond donors (Lipinski definition) is 1. The Hall–Kier alpha value is -2.43. The first-order valence-electron chi connectivity index (χ1n) is 6.74. The zero-order valence-corrected chi connectivity index (χ0v) is 12.2. The predicted octanol–water partition coefficient (Wildman–Crippen LogP) is 2.73. The number of ether oxygens (including phenoxy) is 1. The maximum absolute atomic E-state index is 12.0. The highest BCUT2D eigenvalue weighted by atomic mass is 16.5. The lowest BCUT2D eigenvalue weighted by Gasteiger charge is -2.05. The Morgan fingerprint density at radius 3 is 2.71 bits per heavy atom. The SMILES string of the molecule is CCC(=O)Nc1cccc(C(=O)CC/C=C/C(=O)OC)c1. The average molecular weight is 289 g/mol. The average Bonchev–Trinajstić information content (AvgIpc) is 2.51. The Morgan fingerprint density at radius 1 is 1.29 bits per heavy atom. The van der Waals surface area contributed by atoms with Crippen molar-refractivity contribution in [2.24, 2.45) is 0 Å². The molecule has 0 atom stereocenters. The van der Waals surface area contributed by atoms with Gasteiger partial charge in [-0.25, -0.2) is 4.79 Å². The summed E-state index contributed by atoms with van der Waals surface area (Å²) in [6.45, 7) is 1.76. The first-order chi connectivity index (χ1) is 10.1. The number of carbonyl (C=O) groups is 3. The number of anilines is 1. The van der Waals surface area contributed by atoms with Gasteiger partial charge in [0.15, 0.2) is 5.78 Å². The van der Waals surface area contributed by atoms with E-state index in [1.165, 1.54) is 13.2 Å². The van der Waals surface area contributed by atoms with Gasteiger partial charge in [0.05, 0.1) is 7.11 Å². The number of rotatable bonds is 7. The highest BCUT2D eigenvalue weighted by Gasteiger charge is 2.07. The van der Waals surface area contributed by atoms with Gasteiger partial charge in [0.1, 0.15) is 0 Å². The Bertz CT molecular complexity index is 549. The molecule has 0 aliphatic rings. The van der Waals surface area contributed by atoms with Crippen molar-refractivity contribution in [1.82, 2.24) is 0 Å². The predicted molar refractivity (Wildman–Crippen MR) is 80.1 cm³/mol. The second kappa shape index (κ2) is 8.68. The van der Waals surface area contributed by atoms with Gasteiger partial charge in [-0.2, -0.15) is 0 Å². The first kappa shape index (κ1) is 16.6. The number of esters is 1. The molecule has 0 heterocycles. The molecule has 112 valence electrons. The summed E-state index contributed by atoms with van der Waals surface area (Å²) in [5, 5.41) is 2.71. The van der Waals surface area contributed by atoms with Crippen LogP contribution in [0.4, 0.5) is 5.69 Å². The quantitative estimate of drug-likeness (QED) is 0.476. The van der Waals surface area contributed by atoms with E-state index in [1.54, 1.807) is 37.3 Å². The van der Waals surface area contributed by atoms with E-state index in [-0.39, 0.29) is 11.7 Å². The molecule has 1 aromatic rings. The van der Waals surface area contributed by atoms with Gasteiger partial charge >= 0.3 is 5.97 Å². The minimum absolute atomic E-state index is 0.0443. The molecule has 0 radical (unpaired) electrons. The molecule has 1 aromatic carbocycles. The third-order valence-electron chi connectivity index (χ3n) is 2.78. The molecule has 0 aromatic heterocycles. The summed E-state index contributed by atoms with van der Waals surface area (Å²) in [7, 11) is 1.30. The van der Waals surface area contributed by atoms with Crippen molar-refractivity contribution in [3.8, 4) is 0 Å². The van der Waals surface area contributed by atoms with Crippen molar-refractivity contribution in [2.75, 3.05) is 12.4 Å². The summed E-state index contributed by atoms with van der Waals surface area (Å²) in [6.07, 6.45) is 4.03. The fourth-order valence-electron chi connectivity index (χ4n) is 1.63. The number of amides is 1. The number of benzene rings is 1. The summed E-state index contributed by atoms with van der Waals surface area (Å²) in [4.78, 5) is 34.2. The molecule has 0 spiro atoms. The van der Waals surface area contributed by atoms with Gasteiger partial charge in [0.2, 0.25) is 5.91 Å². The normalized spacial score (nSPS) is 10.4. The van der Waals surface area contributed by atoms with Crippen LogP contribution in [0.25, 0.3) is 0 Å². The van der Waals surface area contributed by atoms with E-state index < -0.39 is 5.97 Å². The van der Waals surface area contributed by atoms with E-state index >= 15 is 0 Å². The smallest absolute Gasteiger partial charge is 0.330 e. The van der Waals surface area contributed by atoms with Crippen LogP contribution in [0.5, 0.6) is 0 Å². The van der Waals surface area contributed by atoms with Crippen LogP contribution >= 0.6 is 0 Å². The number of allylic oxidation sites excluding steroid dienone is 1. The molecule has 5 heteroatoms. The van der Waals surface area contributed by atoms with Crippen molar-refractivity contribution in [3.05, 3.63) is 42.0 Å². The van der Waals surface area contributed by atoms with Gasteiger partial charge in [0, 0.05) is 30.2 Å². The van der Waals surface area contributed by atoms with Crippen molar-refractivity contribution < 1.29 is 19.1 Å². The number of carbonyl (C=O) groups excluding carboxylic acids is 3. The van der Waals surface area contributed by atoms with Crippen LogP contribution in [0.15, 0.2) is 36.4 Å². The number of ketones is 1. The Labute approximate surface area is 124 Å². The maximum atomic E-state index is 12.0. The Morgan fingerprint density at radius 2 is 2.05 bits per heavy atom. The fraction of sp³-hybridized carbons (Fsp3) is 0.312. The van der Waals surface area contributed by atoms with E-state index in [9.17, 15) is 14.4 Å². The highest BCUT2D eigenvalue weighted by Crippen LogP contribution is 2.13. The minimum Gasteiger partial charge on any atom is -0.466 e. The minimum atomic E-state index is -0.438. The molecule has 1 N–H and O–H groups in total. The van der Waals surface area contributed by atoms with Crippen molar-refractivity contribution in [3.63, 3.8) is 0 Å². The van der Waals surface area contributed by atoms with E-state index in [0.717, 1.165) is 0 Å². The largest absolute Gasteiger partial charge is 0.466 e. The van der Waals surface area contributed by atoms with E-state index in [4.69, 9.17) is 0 Å². The van der Waals surface area contributed by atoms with Gasteiger partial charge in [-0.05, 0) is 18.6 Å². The van der Waals surface area contributed by atoms with E-state index in [0.29, 0.717) is 30.5 Å². The standard InChI is InChI=1S/C16H19NO4/c1-3-15(19)17-13-8-6-7-12(11-13)14(18)9-4-5-10-16(20)21-2/h5-8,10-11H,3-4,9H2,1-2H3,(H,17,19)/b10-5+. The summed E-state index contributed by atoms with van der Waals surface area (Å²) >= 11 is 0. The van der Waals surface area contributed by atoms with Crippen molar-refractivity contribution >= 4 is 23.3 Å². The molecule has 0 unspecified atom stereocenters. The number of hydrogen-bond acceptors (Lipinski definition) is 4. The molecular weight excluding hydrogens is 270 g/mol. The zero-order chi connectivity index (χ0) is 15.7. The van der Waals surface area contributed by atoms with Gasteiger partial charge < -0.3 is 10.1 Å². The monoisotopic (exact) mass is 289 g/mol. The molecule has 0 aliphatic heterocycles. The lowest BCUT2D eigenvalue weighted by Crippen LogP contribution is -2.10. The van der Waals surface area contributed by atoms with E-state index in [2.05, 4.69) is 10.1 Å². The molecule has 0 fully saturated rings. The molecule has 1 amide bonds. The van der Waals surface area contributed by atoms with Crippen LogP contribution in [0, 0.1) is 0 Å². The second-order valence-corrected chi connectivity index (χ2v) is 4.37. The molecular formula is C16H19NO4. The topological polar surface area (TPSA) is 72.5 Å². The van der Waals surface area contributed by atoms with Crippen LogP contribution < -0.4 is 5.32 Å². The third kappa shape index (κ3) is 6.03. The number of nitrogens with one attached hydrogen (secondary N) is 1. The summed E-state index contributed by atoms with van der Waals surface area (Å²) in [6, 6.07) is 6.82. The van der Waals surface area contributed by atoms with Crippen LogP contribution in [0.1, 0.15) is 36.5 Å². The highest BCUT2D eigenvalue weighted by molar-refractivity contribution is 5.98. The number of Topliss-reactive ketones (excluding diaryl/α,β-unsaturated/α-hetero) is 1. The van der Waals surface area contributed by atoms with Crippen LogP contribution in [0.3, 0.4) is 0 Å². The molecule has 0 aliphatic carbocycles. The van der Waals surface area contributed by atoms with Crippen molar-refractivity contribution in [1.29, 1.82) is 0 Å². The fourth-order valence-corrected chi connectivity index (χ4v) is 1.63. The maximum Gasteiger partial charge on any atom is 0.330 e. The molecule has 0 saturated carbocycles. The lowest BCUT2D eigenvalue weighted by atomic mass is 10.1. The lowest BCUT2D eigenvalue weighted by molar-refractivity contribution is -0.134. The second-order valence-electron chi connectivity index (χ2n) is 4.37. The van der Waals surface area contributed by atoms with Crippen molar-refractivity contribution in [2.45, 2.75) is 26.2 Å². The molecule has 21 heavy (non-hydrogen) atoms. The van der Waals surface area contributed by atoms with Gasteiger partial charge in [0.25, 0.3) is 0 Å². The van der Waals surface area contributed by atoms with Gasteiger partial charge in [-0.15, -0.1) is 0 Å².